The maximum atomic E-state index is 12.8. The highest BCUT2D eigenvalue weighted by Gasteiger charge is 2.31. The zero-order chi connectivity index (χ0) is 17.5. The maximum absolute atomic E-state index is 12.8. The Kier molecular flexibility index (Phi) is 3.56. The first-order chi connectivity index (χ1) is 12.8. The molecule has 1 atom stereocenters. The Balaban J connectivity index is 1.33. The van der Waals surface area contributed by atoms with Crippen molar-refractivity contribution in [3.63, 3.8) is 0 Å². The molecular formula is C18H14N4O3S. The lowest BCUT2D eigenvalue weighted by Crippen LogP contribution is -2.28. The molecule has 1 aliphatic heterocycles. The third-order valence-corrected chi connectivity index (χ3v) is 5.38. The van der Waals surface area contributed by atoms with Crippen molar-refractivity contribution in [1.82, 2.24) is 20.0 Å². The van der Waals surface area contributed by atoms with E-state index in [2.05, 4.69) is 15.1 Å². The summed E-state index contributed by atoms with van der Waals surface area (Å²) in [6.45, 7) is 1.26. The van der Waals surface area contributed by atoms with Crippen molar-refractivity contribution in [2.45, 2.75) is 12.3 Å². The number of nitrogens with zero attached hydrogens (tertiary/aromatic N) is 4. The third-order valence-electron chi connectivity index (χ3n) is 4.59. The van der Waals surface area contributed by atoms with E-state index in [4.69, 9.17) is 8.94 Å². The van der Waals surface area contributed by atoms with Crippen molar-refractivity contribution in [3.05, 3.63) is 53.5 Å². The molecule has 7 nitrogen and oxygen atoms in total. The predicted molar refractivity (Wildman–Crippen MR) is 94.9 cm³/mol. The number of aromatic nitrogens is 3. The van der Waals surface area contributed by atoms with Gasteiger partial charge in [0, 0.05) is 24.6 Å². The van der Waals surface area contributed by atoms with Gasteiger partial charge in [-0.2, -0.15) is 4.98 Å². The highest BCUT2D eigenvalue weighted by atomic mass is 32.1. The number of hydrogen-bond donors (Lipinski definition) is 0. The Morgan fingerprint density at radius 2 is 2.27 bits per heavy atom. The second kappa shape index (κ2) is 6.06. The van der Waals surface area contributed by atoms with Crippen molar-refractivity contribution in [2.75, 3.05) is 13.1 Å². The fourth-order valence-electron chi connectivity index (χ4n) is 3.23. The second-order valence-corrected chi connectivity index (χ2v) is 7.09. The summed E-state index contributed by atoms with van der Waals surface area (Å²) in [5.74, 6) is 1.62. The van der Waals surface area contributed by atoms with Gasteiger partial charge in [0.15, 0.2) is 11.6 Å². The molecule has 8 heteroatoms. The number of fused-ring (bicyclic) bond motifs is 1. The van der Waals surface area contributed by atoms with E-state index in [0.717, 1.165) is 16.6 Å². The van der Waals surface area contributed by atoms with Crippen LogP contribution in [0.1, 0.15) is 28.5 Å². The van der Waals surface area contributed by atoms with Gasteiger partial charge in [0.25, 0.3) is 11.8 Å². The van der Waals surface area contributed by atoms with Gasteiger partial charge < -0.3 is 13.8 Å². The van der Waals surface area contributed by atoms with Crippen LogP contribution >= 0.6 is 11.3 Å². The number of carbonyl (C=O) groups excluding carboxylic acids is 1. The van der Waals surface area contributed by atoms with Crippen LogP contribution in [-0.4, -0.2) is 39.0 Å². The van der Waals surface area contributed by atoms with Crippen LogP contribution in [0.4, 0.5) is 0 Å². The quantitative estimate of drug-likeness (QED) is 0.551. The van der Waals surface area contributed by atoms with Crippen LogP contribution in [0.3, 0.4) is 0 Å². The van der Waals surface area contributed by atoms with Crippen LogP contribution in [0.25, 0.3) is 21.9 Å². The molecule has 0 bridgehead atoms. The van der Waals surface area contributed by atoms with Gasteiger partial charge in [-0.25, -0.2) is 4.98 Å². The molecule has 0 N–H and O–H groups in total. The normalized spacial score (nSPS) is 17.2. The zero-order valence-electron chi connectivity index (χ0n) is 13.7. The minimum Gasteiger partial charge on any atom is -0.459 e. The molecule has 1 aliphatic rings. The molecule has 130 valence electrons. The van der Waals surface area contributed by atoms with E-state index in [0.29, 0.717) is 36.1 Å². The number of carbonyl (C=O) groups is 1. The molecule has 0 radical (unpaired) electrons. The van der Waals surface area contributed by atoms with Crippen LogP contribution in [0, 0.1) is 0 Å². The third kappa shape index (κ3) is 2.59. The first-order valence-corrected chi connectivity index (χ1v) is 9.16. The molecule has 4 aromatic rings. The summed E-state index contributed by atoms with van der Waals surface area (Å²) in [4.78, 5) is 23.3. The molecule has 0 unspecified atom stereocenters. The average molecular weight is 366 g/mol. The predicted octanol–water partition coefficient (Wildman–Crippen LogP) is 3.57. The fourth-order valence-corrected chi connectivity index (χ4v) is 3.94. The van der Waals surface area contributed by atoms with Crippen molar-refractivity contribution < 1.29 is 13.7 Å². The Labute approximate surface area is 152 Å². The second-order valence-electron chi connectivity index (χ2n) is 6.21. The van der Waals surface area contributed by atoms with E-state index in [1.807, 2.05) is 23.1 Å². The summed E-state index contributed by atoms with van der Waals surface area (Å²) in [6.07, 6.45) is 2.38. The first kappa shape index (κ1) is 15.3. The molecule has 1 amide bonds. The minimum absolute atomic E-state index is 0.0255. The molecule has 1 saturated heterocycles. The van der Waals surface area contributed by atoms with Crippen molar-refractivity contribution in [1.29, 1.82) is 0 Å². The number of benzene rings is 1. The molecule has 4 heterocycles. The molecular weight excluding hydrogens is 352 g/mol. The van der Waals surface area contributed by atoms with Gasteiger partial charge in [0.2, 0.25) is 0 Å². The Morgan fingerprint density at radius 1 is 1.31 bits per heavy atom. The molecule has 3 aromatic heterocycles. The number of likely N-dealkylation sites (tertiary alicyclic amines) is 1. The number of hydrogen-bond acceptors (Lipinski definition) is 7. The number of thiazole rings is 1. The highest BCUT2D eigenvalue weighted by molar-refractivity contribution is 7.16. The van der Waals surface area contributed by atoms with Crippen molar-refractivity contribution in [2.24, 2.45) is 0 Å². The number of amides is 1. The minimum atomic E-state index is 0.0255. The fraction of sp³-hybridized carbons (Fsp3) is 0.222. The molecule has 0 saturated carbocycles. The van der Waals surface area contributed by atoms with Crippen molar-refractivity contribution in [3.8, 4) is 11.7 Å². The summed E-state index contributed by atoms with van der Waals surface area (Å²) in [5, 5.41) is 4.06. The van der Waals surface area contributed by atoms with E-state index in [9.17, 15) is 4.79 Å². The van der Waals surface area contributed by atoms with Gasteiger partial charge in [-0.15, -0.1) is 11.3 Å². The summed E-state index contributed by atoms with van der Waals surface area (Å²) in [5.41, 5.74) is 3.40. The summed E-state index contributed by atoms with van der Waals surface area (Å²) in [6, 6.07) is 9.18. The van der Waals surface area contributed by atoms with Crippen LogP contribution in [-0.2, 0) is 0 Å². The average Bonchev–Trinajstić information content (AvgIpc) is 3.47. The molecule has 26 heavy (non-hydrogen) atoms. The Hall–Kier alpha value is -3.00. The molecule has 5 rings (SSSR count). The van der Waals surface area contributed by atoms with E-state index >= 15 is 0 Å². The molecule has 0 aliphatic carbocycles. The van der Waals surface area contributed by atoms with Crippen LogP contribution in [0.2, 0.25) is 0 Å². The largest absolute Gasteiger partial charge is 0.459 e. The van der Waals surface area contributed by atoms with Crippen LogP contribution in [0.15, 0.2) is 51.0 Å². The van der Waals surface area contributed by atoms with Crippen molar-refractivity contribution >= 4 is 27.5 Å². The Bertz CT molecular complexity index is 1070. The van der Waals surface area contributed by atoms with Gasteiger partial charge in [0.05, 0.1) is 22.0 Å². The van der Waals surface area contributed by atoms with E-state index in [1.54, 1.807) is 23.9 Å². The monoisotopic (exact) mass is 366 g/mol. The van der Waals surface area contributed by atoms with Gasteiger partial charge in [-0.3, -0.25) is 4.79 Å². The topological polar surface area (TPSA) is 85.3 Å². The van der Waals surface area contributed by atoms with Gasteiger partial charge >= 0.3 is 0 Å². The first-order valence-electron chi connectivity index (χ1n) is 8.28. The number of furan rings is 1. The molecule has 1 fully saturated rings. The van der Waals surface area contributed by atoms with Crippen LogP contribution < -0.4 is 0 Å². The lowest BCUT2D eigenvalue weighted by molar-refractivity contribution is 0.0790. The smallest absolute Gasteiger partial charge is 0.293 e. The highest BCUT2D eigenvalue weighted by Crippen LogP contribution is 2.29. The molecule has 1 aromatic carbocycles. The SMILES string of the molecule is O=C(c1ccc2ncsc2c1)N1CC[C@@H](c2noc(-c3ccco3)n2)C1. The molecule has 0 spiro atoms. The lowest BCUT2D eigenvalue weighted by Gasteiger charge is -2.15. The standard InChI is InChI=1S/C18H14N4O3S/c23-18(11-3-4-13-15(8-11)26-10-19-13)22-6-5-12(9-22)16-20-17(25-21-16)14-2-1-7-24-14/h1-4,7-8,10,12H,5-6,9H2/t12-/m1/s1. The van der Waals surface area contributed by atoms with E-state index in [-0.39, 0.29) is 11.8 Å². The van der Waals surface area contributed by atoms with Gasteiger partial charge in [-0.05, 0) is 36.8 Å². The van der Waals surface area contributed by atoms with Gasteiger partial charge in [-0.1, -0.05) is 5.16 Å². The van der Waals surface area contributed by atoms with Crippen LogP contribution in [0.5, 0.6) is 0 Å². The Morgan fingerprint density at radius 3 is 3.15 bits per heavy atom. The summed E-state index contributed by atoms with van der Waals surface area (Å²) < 4.78 is 11.6. The van der Waals surface area contributed by atoms with E-state index in [1.165, 1.54) is 11.3 Å². The lowest BCUT2D eigenvalue weighted by atomic mass is 10.1. The summed E-state index contributed by atoms with van der Waals surface area (Å²) >= 11 is 1.54. The summed E-state index contributed by atoms with van der Waals surface area (Å²) in [7, 11) is 0. The maximum Gasteiger partial charge on any atom is 0.293 e. The van der Waals surface area contributed by atoms with E-state index < -0.39 is 0 Å². The zero-order valence-corrected chi connectivity index (χ0v) is 14.5. The number of rotatable bonds is 3. The van der Waals surface area contributed by atoms with Gasteiger partial charge in [0.1, 0.15) is 0 Å².